The molecule has 0 aliphatic carbocycles. The highest BCUT2D eigenvalue weighted by Gasteiger charge is 2.38. The number of hydrogen-bond donors (Lipinski definition) is 1. The fraction of sp³-hybridized carbons (Fsp3) is 0.0667. The van der Waals surface area contributed by atoms with E-state index < -0.39 is 85.7 Å². The van der Waals surface area contributed by atoms with E-state index in [9.17, 15) is 51.7 Å². The van der Waals surface area contributed by atoms with E-state index in [1.807, 2.05) is 0 Å². The lowest BCUT2D eigenvalue weighted by Gasteiger charge is -2.14. The van der Waals surface area contributed by atoms with Crippen LogP contribution in [0.4, 0.5) is 37.7 Å². The lowest BCUT2D eigenvalue weighted by atomic mass is 10.2. The number of nitro benzene ring substituents is 2. The third-order valence-electron chi connectivity index (χ3n) is 3.36. The zero-order valence-electron chi connectivity index (χ0n) is 14.1. The average molecular weight is 440 g/mol. The maximum atomic E-state index is 14.5. The molecule has 0 bridgehead atoms. The second kappa shape index (κ2) is 8.14. The number of benzene rings is 2. The SMILES string of the molecule is C=CCOc1c(F)c(Oc2c(F)c(O)c([N+](=O)[O-])c(F)c2F)c(F)c(F)c1[N+](=O)[O-]. The molecule has 0 saturated heterocycles. The van der Waals surface area contributed by atoms with Crippen LogP contribution in [0.2, 0.25) is 0 Å². The molecule has 0 aromatic heterocycles. The van der Waals surface area contributed by atoms with E-state index in [4.69, 9.17) is 0 Å². The number of nitrogens with zero attached hydrogens (tertiary/aromatic N) is 2. The predicted octanol–water partition coefficient (Wildman–Crippen LogP) is 4.40. The summed E-state index contributed by atoms with van der Waals surface area (Å²) in [5.74, 6) is -22.1. The van der Waals surface area contributed by atoms with Crippen LogP contribution in [-0.4, -0.2) is 21.6 Å². The molecule has 2 aromatic carbocycles. The Hall–Kier alpha value is -4.04. The minimum atomic E-state index is -2.51. The Balaban J connectivity index is 2.79. The van der Waals surface area contributed by atoms with Gasteiger partial charge in [0.1, 0.15) is 6.61 Å². The van der Waals surface area contributed by atoms with Crippen LogP contribution in [0.15, 0.2) is 12.7 Å². The van der Waals surface area contributed by atoms with Crippen LogP contribution in [0, 0.1) is 55.1 Å². The lowest BCUT2D eigenvalue weighted by molar-refractivity contribution is -0.389. The van der Waals surface area contributed by atoms with E-state index >= 15 is 0 Å². The number of aromatic hydroxyl groups is 1. The van der Waals surface area contributed by atoms with Gasteiger partial charge in [0.15, 0.2) is 0 Å². The maximum Gasteiger partial charge on any atom is 0.352 e. The van der Waals surface area contributed by atoms with Crippen molar-refractivity contribution in [1.82, 2.24) is 0 Å². The van der Waals surface area contributed by atoms with Crippen molar-refractivity contribution in [2.75, 3.05) is 6.61 Å². The number of rotatable bonds is 7. The molecule has 0 heterocycles. The van der Waals surface area contributed by atoms with Crippen molar-refractivity contribution >= 4 is 11.4 Å². The van der Waals surface area contributed by atoms with Crippen LogP contribution in [0.3, 0.4) is 0 Å². The molecule has 0 aliphatic rings. The average Bonchev–Trinajstić information content (AvgIpc) is 2.67. The number of phenols is 1. The van der Waals surface area contributed by atoms with Crippen molar-refractivity contribution in [2.45, 2.75) is 0 Å². The van der Waals surface area contributed by atoms with Crippen molar-refractivity contribution in [1.29, 1.82) is 0 Å². The van der Waals surface area contributed by atoms with Gasteiger partial charge in [0.2, 0.25) is 57.9 Å². The van der Waals surface area contributed by atoms with Gasteiger partial charge < -0.3 is 14.6 Å². The monoisotopic (exact) mass is 440 g/mol. The van der Waals surface area contributed by atoms with Crippen molar-refractivity contribution in [3.05, 3.63) is 67.8 Å². The van der Waals surface area contributed by atoms with Gasteiger partial charge in [-0.05, 0) is 0 Å². The quantitative estimate of drug-likeness (QED) is 0.222. The van der Waals surface area contributed by atoms with E-state index in [1.165, 1.54) is 0 Å². The smallest absolute Gasteiger partial charge is 0.352 e. The van der Waals surface area contributed by atoms with Crippen LogP contribution in [-0.2, 0) is 0 Å². The molecule has 1 N–H and O–H groups in total. The van der Waals surface area contributed by atoms with Gasteiger partial charge in [0, 0.05) is 0 Å². The zero-order valence-corrected chi connectivity index (χ0v) is 14.1. The van der Waals surface area contributed by atoms with Gasteiger partial charge in [-0.1, -0.05) is 12.7 Å². The van der Waals surface area contributed by atoms with Gasteiger partial charge in [-0.2, -0.15) is 26.3 Å². The first kappa shape index (κ1) is 22.3. The fourth-order valence-corrected chi connectivity index (χ4v) is 2.11. The summed E-state index contributed by atoms with van der Waals surface area (Å²) in [6.45, 7) is 2.47. The van der Waals surface area contributed by atoms with E-state index in [0.29, 0.717) is 0 Å². The molecule has 160 valence electrons. The minimum absolute atomic E-state index is 0.669. The van der Waals surface area contributed by atoms with Crippen LogP contribution < -0.4 is 9.47 Å². The van der Waals surface area contributed by atoms with Crippen LogP contribution >= 0.6 is 0 Å². The zero-order chi connectivity index (χ0) is 22.9. The summed E-state index contributed by atoms with van der Waals surface area (Å²) < 4.78 is 93.1. The van der Waals surface area contributed by atoms with Gasteiger partial charge in [0.25, 0.3) is 0 Å². The third-order valence-corrected chi connectivity index (χ3v) is 3.36. The van der Waals surface area contributed by atoms with Crippen LogP contribution in [0.5, 0.6) is 23.0 Å². The van der Waals surface area contributed by atoms with Gasteiger partial charge in [-0.25, -0.2) is 0 Å². The number of halogens is 6. The van der Waals surface area contributed by atoms with Crippen LogP contribution in [0.25, 0.3) is 0 Å². The Labute approximate surface area is 160 Å². The summed E-state index contributed by atoms with van der Waals surface area (Å²) in [4.78, 5) is 18.2. The Bertz CT molecular complexity index is 1060. The Morgan fingerprint density at radius 2 is 1.27 bits per heavy atom. The summed E-state index contributed by atoms with van der Waals surface area (Å²) in [5, 5.41) is 30.8. The molecule has 0 atom stereocenters. The van der Waals surface area contributed by atoms with Crippen molar-refractivity contribution in [3.8, 4) is 23.0 Å². The fourth-order valence-electron chi connectivity index (χ4n) is 2.11. The Morgan fingerprint density at radius 3 is 1.73 bits per heavy atom. The largest absolute Gasteiger partial charge is 0.500 e. The second-order valence-corrected chi connectivity index (χ2v) is 5.13. The van der Waals surface area contributed by atoms with E-state index in [1.54, 1.807) is 0 Å². The molecule has 0 fully saturated rings. The number of hydrogen-bond acceptors (Lipinski definition) is 7. The van der Waals surface area contributed by atoms with Gasteiger partial charge in [-0.3, -0.25) is 20.2 Å². The summed E-state index contributed by atoms with van der Waals surface area (Å²) in [6, 6.07) is 0. The molecular formula is C15H6F6N2O7. The van der Waals surface area contributed by atoms with Crippen molar-refractivity contribution in [3.63, 3.8) is 0 Å². The van der Waals surface area contributed by atoms with Crippen LogP contribution in [0.1, 0.15) is 0 Å². The normalized spacial score (nSPS) is 10.6. The van der Waals surface area contributed by atoms with E-state index in [2.05, 4.69) is 16.1 Å². The standard InChI is InChI=1S/C15H6F6N2O7/c1-2-3-29-15-9(21)14(7(19)5(17)11(15)23(27)28)30-13-6(18)4(16)10(22(25)26)12(24)8(13)20/h2,24H,1,3H2. The molecule has 2 aromatic rings. The molecular weight excluding hydrogens is 434 g/mol. The molecule has 2 rings (SSSR count). The highest BCUT2D eigenvalue weighted by atomic mass is 19.2. The predicted molar refractivity (Wildman–Crippen MR) is 83.4 cm³/mol. The summed E-state index contributed by atoms with van der Waals surface area (Å²) in [6.07, 6.45) is 0.925. The first-order valence-corrected chi connectivity index (χ1v) is 7.25. The summed E-state index contributed by atoms with van der Waals surface area (Å²) in [7, 11) is 0. The molecule has 0 unspecified atom stereocenters. The van der Waals surface area contributed by atoms with Crippen molar-refractivity contribution in [2.24, 2.45) is 0 Å². The Kier molecular flexibility index (Phi) is 6.04. The second-order valence-electron chi connectivity index (χ2n) is 5.13. The van der Waals surface area contributed by atoms with Gasteiger partial charge in [0.05, 0.1) is 9.85 Å². The van der Waals surface area contributed by atoms with Gasteiger partial charge >= 0.3 is 11.4 Å². The van der Waals surface area contributed by atoms with E-state index in [0.717, 1.165) is 6.08 Å². The summed E-state index contributed by atoms with van der Waals surface area (Å²) in [5.41, 5.74) is -3.89. The summed E-state index contributed by atoms with van der Waals surface area (Å²) >= 11 is 0. The Morgan fingerprint density at radius 1 is 0.800 bits per heavy atom. The highest BCUT2D eigenvalue weighted by molar-refractivity contribution is 5.57. The number of nitro groups is 2. The van der Waals surface area contributed by atoms with E-state index in [-0.39, 0.29) is 0 Å². The maximum absolute atomic E-state index is 14.5. The topological polar surface area (TPSA) is 125 Å². The van der Waals surface area contributed by atoms with Gasteiger partial charge in [-0.15, -0.1) is 0 Å². The first-order valence-electron chi connectivity index (χ1n) is 7.25. The molecule has 0 aliphatic heterocycles. The molecule has 15 heteroatoms. The molecule has 0 saturated carbocycles. The third kappa shape index (κ3) is 3.51. The first-order chi connectivity index (χ1) is 13.9. The molecule has 0 radical (unpaired) electrons. The molecule has 0 spiro atoms. The molecule has 0 amide bonds. The minimum Gasteiger partial charge on any atom is -0.500 e. The number of phenolic OH excluding ortho intramolecular Hbond substituents is 1. The molecule has 30 heavy (non-hydrogen) atoms. The lowest BCUT2D eigenvalue weighted by Crippen LogP contribution is -2.09. The van der Waals surface area contributed by atoms with Crippen molar-refractivity contribution < 1.29 is 50.8 Å². The highest BCUT2D eigenvalue weighted by Crippen LogP contribution is 2.46. The number of ether oxygens (including phenoxy) is 2. The molecule has 9 nitrogen and oxygen atoms in total.